The Labute approximate surface area is 59.0 Å². The molecule has 9 heavy (non-hydrogen) atoms. The maximum atomic E-state index is 2.44. The smallest absolute Gasteiger partial charge is 0.0483 e. The Morgan fingerprint density at radius 2 is 2.00 bits per heavy atom. The summed E-state index contributed by atoms with van der Waals surface area (Å²) in [6.45, 7) is 7.31. The van der Waals surface area contributed by atoms with E-state index in [2.05, 4.69) is 25.7 Å². The second kappa shape index (κ2) is 2.29. The normalized spacial score (nSPS) is 18.8. The zero-order valence-electron chi connectivity index (χ0n) is 6.70. The molecule has 0 unspecified atom stereocenters. The minimum Gasteiger partial charge on any atom is -0.0853 e. The summed E-state index contributed by atoms with van der Waals surface area (Å²) < 4.78 is 0. The highest BCUT2D eigenvalue weighted by molar-refractivity contribution is 6.76. The van der Waals surface area contributed by atoms with Crippen molar-refractivity contribution in [2.45, 2.75) is 38.5 Å². The van der Waals surface area contributed by atoms with Crippen molar-refractivity contribution >= 4 is 8.07 Å². The zero-order chi connectivity index (χ0) is 6.91. The van der Waals surface area contributed by atoms with Gasteiger partial charge in [0.1, 0.15) is 0 Å². The van der Waals surface area contributed by atoms with Gasteiger partial charge in [-0.3, -0.25) is 0 Å². The summed E-state index contributed by atoms with van der Waals surface area (Å²) in [4.78, 5) is 0. The summed E-state index contributed by atoms with van der Waals surface area (Å²) in [7, 11) is -0.758. The van der Waals surface area contributed by atoms with Crippen LogP contribution in [0.2, 0.25) is 25.7 Å². The Morgan fingerprint density at radius 1 is 1.44 bits per heavy atom. The highest BCUT2D eigenvalue weighted by Gasteiger charge is 2.17. The first-order chi connectivity index (χ1) is 4.08. The van der Waals surface area contributed by atoms with E-state index >= 15 is 0 Å². The average Bonchev–Trinajstić information content (AvgIpc) is 1.53. The lowest BCUT2D eigenvalue weighted by Gasteiger charge is -2.22. The van der Waals surface area contributed by atoms with Crippen LogP contribution in [-0.4, -0.2) is 8.07 Å². The van der Waals surface area contributed by atoms with Gasteiger partial charge in [0, 0.05) is 8.07 Å². The van der Waals surface area contributed by atoms with Crippen molar-refractivity contribution < 1.29 is 0 Å². The van der Waals surface area contributed by atoms with Gasteiger partial charge in [-0.1, -0.05) is 31.3 Å². The van der Waals surface area contributed by atoms with Crippen LogP contribution < -0.4 is 0 Å². The summed E-state index contributed by atoms with van der Waals surface area (Å²) in [6, 6.07) is 1.44. The van der Waals surface area contributed by atoms with Gasteiger partial charge in [-0.2, -0.15) is 0 Å². The van der Waals surface area contributed by atoms with Crippen LogP contribution in [0.25, 0.3) is 0 Å². The van der Waals surface area contributed by atoms with E-state index in [9.17, 15) is 0 Å². The Morgan fingerprint density at radius 3 is 2.11 bits per heavy atom. The van der Waals surface area contributed by atoms with Crippen LogP contribution in [0.5, 0.6) is 0 Å². The minimum absolute atomic E-state index is 0.758. The predicted molar refractivity (Wildman–Crippen MR) is 45.5 cm³/mol. The topological polar surface area (TPSA) is 0 Å². The Kier molecular flexibility index (Phi) is 1.80. The summed E-state index contributed by atoms with van der Waals surface area (Å²) in [5.74, 6) is 0. The minimum atomic E-state index is -0.758. The maximum absolute atomic E-state index is 2.44. The number of rotatable bonds is 2. The van der Waals surface area contributed by atoms with Crippen LogP contribution in [0.15, 0.2) is 11.6 Å². The van der Waals surface area contributed by atoms with Crippen molar-refractivity contribution in [1.82, 2.24) is 0 Å². The summed E-state index contributed by atoms with van der Waals surface area (Å²) in [5, 5.41) is 0. The van der Waals surface area contributed by atoms with E-state index in [4.69, 9.17) is 0 Å². The summed E-state index contributed by atoms with van der Waals surface area (Å²) >= 11 is 0. The van der Waals surface area contributed by atoms with Gasteiger partial charge in [-0.05, 0) is 18.9 Å². The lowest BCUT2D eigenvalue weighted by molar-refractivity contribution is 0.867. The SMILES string of the molecule is C[Si](C)(C)CC1=CCC1. The lowest BCUT2D eigenvalue weighted by Crippen LogP contribution is -2.21. The molecule has 0 spiro atoms. The van der Waals surface area contributed by atoms with Gasteiger partial charge >= 0.3 is 0 Å². The van der Waals surface area contributed by atoms with Gasteiger partial charge in [0.05, 0.1) is 0 Å². The molecule has 1 heteroatoms. The summed E-state index contributed by atoms with van der Waals surface area (Å²) in [6.07, 6.45) is 5.14. The van der Waals surface area contributed by atoms with Crippen LogP contribution in [0.3, 0.4) is 0 Å². The molecule has 0 bridgehead atoms. The highest BCUT2D eigenvalue weighted by Crippen LogP contribution is 2.27. The highest BCUT2D eigenvalue weighted by atomic mass is 28.3. The molecular weight excluding hydrogens is 124 g/mol. The molecule has 0 atom stereocenters. The third-order valence-corrected chi connectivity index (χ3v) is 3.17. The van der Waals surface area contributed by atoms with Crippen LogP contribution in [0.4, 0.5) is 0 Å². The first-order valence-electron chi connectivity index (χ1n) is 3.76. The number of allylic oxidation sites excluding steroid dienone is 2. The van der Waals surface area contributed by atoms with E-state index in [0.29, 0.717) is 0 Å². The fourth-order valence-electron chi connectivity index (χ4n) is 1.19. The third-order valence-electron chi connectivity index (χ3n) is 1.66. The molecule has 1 rings (SSSR count). The van der Waals surface area contributed by atoms with E-state index in [0.717, 1.165) is 0 Å². The van der Waals surface area contributed by atoms with Gasteiger partial charge in [-0.25, -0.2) is 0 Å². The van der Waals surface area contributed by atoms with E-state index in [-0.39, 0.29) is 0 Å². The molecule has 0 N–H and O–H groups in total. The molecule has 0 aromatic rings. The third kappa shape index (κ3) is 2.35. The lowest BCUT2D eigenvalue weighted by atomic mass is 10.0. The molecule has 0 saturated carbocycles. The molecular formula is C8H16Si. The fourth-order valence-corrected chi connectivity index (χ4v) is 2.87. The first kappa shape index (κ1) is 7.07. The maximum Gasteiger partial charge on any atom is 0.0483 e. The number of hydrogen-bond donors (Lipinski definition) is 0. The number of hydrogen-bond acceptors (Lipinski definition) is 0. The van der Waals surface area contributed by atoms with Crippen molar-refractivity contribution in [3.63, 3.8) is 0 Å². The monoisotopic (exact) mass is 140 g/mol. The molecule has 0 saturated heterocycles. The van der Waals surface area contributed by atoms with Crippen LogP contribution in [0.1, 0.15) is 12.8 Å². The van der Waals surface area contributed by atoms with Gasteiger partial charge in [0.2, 0.25) is 0 Å². The molecule has 0 radical (unpaired) electrons. The Hall–Kier alpha value is -0.0431. The molecule has 0 fully saturated rings. The predicted octanol–water partition coefficient (Wildman–Crippen LogP) is 3.04. The Balaban J connectivity index is 2.33. The summed E-state index contributed by atoms with van der Waals surface area (Å²) in [5.41, 5.74) is 1.73. The van der Waals surface area contributed by atoms with Gasteiger partial charge < -0.3 is 0 Å². The van der Waals surface area contributed by atoms with Crippen molar-refractivity contribution in [2.24, 2.45) is 0 Å². The molecule has 0 heterocycles. The van der Waals surface area contributed by atoms with E-state index in [1.807, 2.05) is 0 Å². The van der Waals surface area contributed by atoms with Gasteiger partial charge in [0.25, 0.3) is 0 Å². The standard InChI is InChI=1S/C8H16Si/c1-9(2,3)7-8-5-4-6-8/h5H,4,6-7H2,1-3H3. The van der Waals surface area contributed by atoms with Crippen molar-refractivity contribution in [3.8, 4) is 0 Å². The fraction of sp³-hybridized carbons (Fsp3) is 0.750. The molecule has 1 aliphatic rings. The van der Waals surface area contributed by atoms with Crippen molar-refractivity contribution in [1.29, 1.82) is 0 Å². The Bertz CT molecular complexity index is 128. The molecule has 0 aromatic heterocycles. The zero-order valence-corrected chi connectivity index (χ0v) is 7.70. The largest absolute Gasteiger partial charge is 0.0853 e. The molecule has 0 amide bonds. The van der Waals surface area contributed by atoms with E-state index in [1.54, 1.807) is 5.57 Å². The van der Waals surface area contributed by atoms with Crippen LogP contribution in [0, 0.1) is 0 Å². The van der Waals surface area contributed by atoms with Crippen LogP contribution >= 0.6 is 0 Å². The van der Waals surface area contributed by atoms with Gasteiger partial charge in [0.15, 0.2) is 0 Å². The molecule has 1 aliphatic carbocycles. The second-order valence-electron chi connectivity index (χ2n) is 4.14. The van der Waals surface area contributed by atoms with Gasteiger partial charge in [-0.15, -0.1) is 0 Å². The molecule has 0 aromatic carbocycles. The average molecular weight is 140 g/mol. The van der Waals surface area contributed by atoms with E-state index < -0.39 is 8.07 Å². The van der Waals surface area contributed by atoms with E-state index in [1.165, 1.54) is 18.9 Å². The first-order valence-corrected chi connectivity index (χ1v) is 7.46. The molecule has 0 nitrogen and oxygen atoms in total. The molecule has 0 aliphatic heterocycles. The van der Waals surface area contributed by atoms with Crippen molar-refractivity contribution in [2.75, 3.05) is 0 Å². The second-order valence-corrected chi connectivity index (χ2v) is 9.61. The quantitative estimate of drug-likeness (QED) is 0.408. The molecule has 52 valence electrons. The van der Waals surface area contributed by atoms with Crippen molar-refractivity contribution in [3.05, 3.63) is 11.6 Å². The van der Waals surface area contributed by atoms with Crippen LogP contribution in [-0.2, 0) is 0 Å².